The maximum atomic E-state index is 2.38. The SMILES string of the molecule is C1=C\CCCCCCCCC/C=C/CCC/1. The molecule has 0 aromatic carbocycles. The van der Waals surface area contributed by atoms with Gasteiger partial charge in [0.2, 0.25) is 0 Å². The van der Waals surface area contributed by atoms with Gasteiger partial charge in [0, 0.05) is 0 Å². The van der Waals surface area contributed by atoms with Crippen molar-refractivity contribution in [3.05, 3.63) is 24.3 Å². The van der Waals surface area contributed by atoms with Crippen LogP contribution in [0, 0.1) is 0 Å². The Kier molecular flexibility index (Phi) is 9.30. The van der Waals surface area contributed by atoms with Gasteiger partial charge in [0.15, 0.2) is 0 Å². The molecule has 0 fully saturated rings. The first kappa shape index (κ1) is 13.5. The first-order valence-corrected chi connectivity index (χ1v) is 7.30. The molecule has 0 saturated heterocycles. The lowest BCUT2D eigenvalue weighted by Crippen LogP contribution is -1.81. The molecule has 0 heteroatoms. The standard InChI is InChI=1S/C16H28/c1-2-4-6-8-10-12-14-16-15-13-11-9-7-5-3-1/h1-2,9,11H,3-8,10,12-16H2/b2-1-,11-9+. The molecule has 0 aromatic heterocycles. The Hall–Kier alpha value is -0.520. The predicted octanol–water partition coefficient (Wildman–Crippen LogP) is 5.79. The fourth-order valence-corrected chi connectivity index (χ4v) is 2.23. The van der Waals surface area contributed by atoms with Crippen molar-refractivity contribution in [2.75, 3.05) is 0 Å². The van der Waals surface area contributed by atoms with Gasteiger partial charge in [0.1, 0.15) is 0 Å². The third kappa shape index (κ3) is 8.76. The Bertz CT molecular complexity index is 168. The normalized spacial score (nSPS) is 26.0. The maximum absolute atomic E-state index is 2.38. The number of hydrogen-bond acceptors (Lipinski definition) is 0. The number of allylic oxidation sites excluding steroid dienone is 4. The number of rotatable bonds is 0. The summed E-state index contributed by atoms with van der Waals surface area (Å²) in [6.45, 7) is 0. The van der Waals surface area contributed by atoms with E-state index < -0.39 is 0 Å². The highest BCUT2D eigenvalue weighted by atomic mass is 14.0. The molecule has 0 N–H and O–H groups in total. The van der Waals surface area contributed by atoms with E-state index in [1.54, 1.807) is 0 Å². The first-order valence-electron chi connectivity index (χ1n) is 7.30. The Morgan fingerprint density at radius 3 is 1.06 bits per heavy atom. The summed E-state index contributed by atoms with van der Waals surface area (Å²) in [5.41, 5.74) is 0. The fraction of sp³-hybridized carbons (Fsp3) is 0.750. The van der Waals surface area contributed by atoms with Gasteiger partial charge >= 0.3 is 0 Å². The summed E-state index contributed by atoms with van der Waals surface area (Å²) >= 11 is 0. The van der Waals surface area contributed by atoms with E-state index in [1.165, 1.54) is 77.0 Å². The zero-order valence-corrected chi connectivity index (χ0v) is 10.8. The summed E-state index contributed by atoms with van der Waals surface area (Å²) in [6, 6.07) is 0. The van der Waals surface area contributed by atoms with Gasteiger partial charge in [0.05, 0.1) is 0 Å². The predicted molar refractivity (Wildman–Crippen MR) is 73.7 cm³/mol. The summed E-state index contributed by atoms with van der Waals surface area (Å²) in [7, 11) is 0. The average Bonchev–Trinajstić information content (AvgIpc) is 2.29. The van der Waals surface area contributed by atoms with Gasteiger partial charge in [-0.1, -0.05) is 56.4 Å². The van der Waals surface area contributed by atoms with Crippen molar-refractivity contribution in [1.82, 2.24) is 0 Å². The fourth-order valence-electron chi connectivity index (χ4n) is 2.23. The second kappa shape index (κ2) is 11.0. The molecule has 0 unspecified atom stereocenters. The Labute approximate surface area is 102 Å². The van der Waals surface area contributed by atoms with Crippen LogP contribution in [0.25, 0.3) is 0 Å². The molecule has 0 heterocycles. The highest BCUT2D eigenvalue weighted by Crippen LogP contribution is 2.11. The van der Waals surface area contributed by atoms with E-state index in [0.717, 1.165) is 0 Å². The monoisotopic (exact) mass is 220 g/mol. The van der Waals surface area contributed by atoms with Crippen molar-refractivity contribution < 1.29 is 0 Å². The van der Waals surface area contributed by atoms with E-state index in [1.807, 2.05) is 0 Å². The quantitative estimate of drug-likeness (QED) is 0.453. The van der Waals surface area contributed by atoms with Gasteiger partial charge in [0.25, 0.3) is 0 Å². The van der Waals surface area contributed by atoms with Crippen molar-refractivity contribution in [3.8, 4) is 0 Å². The lowest BCUT2D eigenvalue weighted by molar-refractivity contribution is 0.583. The number of hydrogen-bond donors (Lipinski definition) is 0. The van der Waals surface area contributed by atoms with Gasteiger partial charge in [-0.05, 0) is 44.9 Å². The Morgan fingerprint density at radius 1 is 0.312 bits per heavy atom. The summed E-state index contributed by atoms with van der Waals surface area (Å²) in [4.78, 5) is 0. The van der Waals surface area contributed by atoms with Crippen LogP contribution in [0.5, 0.6) is 0 Å². The molecule has 0 bridgehead atoms. The van der Waals surface area contributed by atoms with Crippen molar-refractivity contribution >= 4 is 0 Å². The van der Waals surface area contributed by atoms with E-state index in [9.17, 15) is 0 Å². The third-order valence-electron chi connectivity index (χ3n) is 3.32. The van der Waals surface area contributed by atoms with E-state index in [2.05, 4.69) is 24.3 Å². The van der Waals surface area contributed by atoms with E-state index >= 15 is 0 Å². The Balaban J connectivity index is 2.14. The lowest BCUT2D eigenvalue weighted by atomic mass is 10.1. The van der Waals surface area contributed by atoms with Gasteiger partial charge in [-0.15, -0.1) is 0 Å². The third-order valence-corrected chi connectivity index (χ3v) is 3.32. The van der Waals surface area contributed by atoms with Gasteiger partial charge in [-0.3, -0.25) is 0 Å². The largest absolute Gasteiger partial charge is 0.0885 e. The average molecular weight is 220 g/mol. The molecule has 0 spiro atoms. The topological polar surface area (TPSA) is 0 Å². The van der Waals surface area contributed by atoms with Crippen LogP contribution in [0.2, 0.25) is 0 Å². The summed E-state index contributed by atoms with van der Waals surface area (Å²) < 4.78 is 0. The highest BCUT2D eigenvalue weighted by molar-refractivity contribution is 4.85. The van der Waals surface area contributed by atoms with Crippen LogP contribution in [0.4, 0.5) is 0 Å². The molecular formula is C16H28. The van der Waals surface area contributed by atoms with Crippen LogP contribution < -0.4 is 0 Å². The van der Waals surface area contributed by atoms with Crippen LogP contribution >= 0.6 is 0 Å². The van der Waals surface area contributed by atoms with Crippen molar-refractivity contribution in [2.24, 2.45) is 0 Å². The van der Waals surface area contributed by atoms with Crippen LogP contribution in [0.3, 0.4) is 0 Å². The van der Waals surface area contributed by atoms with Gasteiger partial charge in [-0.25, -0.2) is 0 Å². The van der Waals surface area contributed by atoms with Crippen molar-refractivity contribution in [2.45, 2.75) is 77.0 Å². The highest BCUT2D eigenvalue weighted by Gasteiger charge is 1.91. The minimum absolute atomic E-state index is 1.27. The molecular weight excluding hydrogens is 192 g/mol. The molecule has 16 heavy (non-hydrogen) atoms. The smallest absolute Gasteiger partial charge is 0.0348 e. The summed E-state index contributed by atoms with van der Waals surface area (Å²) in [5.74, 6) is 0. The van der Waals surface area contributed by atoms with E-state index in [0.29, 0.717) is 0 Å². The second-order valence-corrected chi connectivity index (χ2v) is 4.93. The molecule has 0 saturated carbocycles. The molecule has 1 rings (SSSR count). The Morgan fingerprint density at radius 2 is 0.625 bits per heavy atom. The van der Waals surface area contributed by atoms with Crippen molar-refractivity contribution in [1.29, 1.82) is 0 Å². The van der Waals surface area contributed by atoms with Gasteiger partial charge < -0.3 is 0 Å². The van der Waals surface area contributed by atoms with Gasteiger partial charge in [-0.2, -0.15) is 0 Å². The minimum atomic E-state index is 1.27. The molecule has 92 valence electrons. The minimum Gasteiger partial charge on any atom is -0.0885 e. The van der Waals surface area contributed by atoms with Crippen LogP contribution in [-0.2, 0) is 0 Å². The van der Waals surface area contributed by atoms with E-state index in [-0.39, 0.29) is 0 Å². The molecule has 1 aliphatic carbocycles. The molecule has 0 radical (unpaired) electrons. The zero-order valence-electron chi connectivity index (χ0n) is 10.8. The van der Waals surface area contributed by atoms with Crippen molar-refractivity contribution in [3.63, 3.8) is 0 Å². The molecule has 0 aliphatic heterocycles. The lowest BCUT2D eigenvalue weighted by Gasteiger charge is -2.01. The maximum Gasteiger partial charge on any atom is -0.0348 e. The first-order chi connectivity index (χ1) is 8.00. The summed E-state index contributed by atoms with van der Waals surface area (Å²) in [6.07, 6.45) is 26.0. The van der Waals surface area contributed by atoms with Crippen LogP contribution in [0.1, 0.15) is 77.0 Å². The van der Waals surface area contributed by atoms with E-state index in [4.69, 9.17) is 0 Å². The molecule has 0 nitrogen and oxygen atoms in total. The van der Waals surface area contributed by atoms with Crippen LogP contribution in [0.15, 0.2) is 24.3 Å². The molecule has 0 atom stereocenters. The zero-order chi connectivity index (χ0) is 11.3. The van der Waals surface area contributed by atoms with Crippen LogP contribution in [-0.4, -0.2) is 0 Å². The molecule has 1 aliphatic rings. The summed E-state index contributed by atoms with van der Waals surface area (Å²) in [5, 5.41) is 0. The second-order valence-electron chi connectivity index (χ2n) is 4.93. The molecule has 0 aromatic rings. The molecule has 0 amide bonds.